The van der Waals surface area contributed by atoms with Crippen LogP contribution in [0, 0.1) is 0 Å². The van der Waals surface area contributed by atoms with Gasteiger partial charge in [-0.1, -0.05) is 104 Å². The molecule has 160 valence electrons. The molecular weight excluding hydrogens is 400 g/mol. The number of rotatable bonds is 4. The highest BCUT2D eigenvalue weighted by Crippen LogP contribution is 2.40. The summed E-state index contributed by atoms with van der Waals surface area (Å²) >= 11 is 0. The molecule has 1 heteroatoms. The second-order valence-corrected chi connectivity index (χ2v) is 9.12. The fourth-order valence-corrected chi connectivity index (χ4v) is 5.56. The predicted molar refractivity (Wildman–Crippen MR) is 141 cm³/mol. The maximum absolute atomic E-state index is 11.7. The van der Waals surface area contributed by atoms with Gasteiger partial charge in [0.2, 0.25) is 0 Å². The Morgan fingerprint density at radius 2 is 0.848 bits per heavy atom. The number of fused-ring (bicyclic) bond motifs is 4. The largest absolute Gasteiger partial charge is 0.388 e. The van der Waals surface area contributed by atoms with Gasteiger partial charge in [0, 0.05) is 0 Å². The summed E-state index contributed by atoms with van der Waals surface area (Å²) in [6.07, 6.45) is 0.101. The fraction of sp³-hybridized carbons (Fsp3) is 0.125. The van der Waals surface area contributed by atoms with Gasteiger partial charge in [-0.25, -0.2) is 0 Å². The number of hydrogen-bond acceptors (Lipinski definition) is 1. The third-order valence-electron chi connectivity index (χ3n) is 7.03. The van der Waals surface area contributed by atoms with Gasteiger partial charge in [-0.2, -0.15) is 0 Å². The molecule has 0 amide bonds. The van der Waals surface area contributed by atoms with Crippen LogP contribution in [0.25, 0.3) is 43.1 Å². The van der Waals surface area contributed by atoms with Crippen molar-refractivity contribution in [2.24, 2.45) is 0 Å². The molecule has 0 saturated carbocycles. The molecule has 0 radical (unpaired) electrons. The summed E-state index contributed by atoms with van der Waals surface area (Å²) in [4.78, 5) is 0. The predicted octanol–water partition coefficient (Wildman–Crippen LogP) is 8.53. The topological polar surface area (TPSA) is 20.2 Å². The van der Waals surface area contributed by atoms with E-state index in [1.54, 1.807) is 0 Å². The molecule has 0 aromatic heterocycles. The highest BCUT2D eigenvalue weighted by atomic mass is 16.3. The zero-order valence-electron chi connectivity index (χ0n) is 18.7. The van der Waals surface area contributed by atoms with Gasteiger partial charge in [0.1, 0.15) is 0 Å². The van der Waals surface area contributed by atoms with Crippen LogP contribution < -0.4 is 0 Å². The van der Waals surface area contributed by atoms with Crippen molar-refractivity contribution in [2.75, 3.05) is 0 Å². The maximum atomic E-state index is 11.7. The second-order valence-electron chi connectivity index (χ2n) is 9.12. The molecule has 0 saturated heterocycles. The molecular formula is C32H26O. The van der Waals surface area contributed by atoms with Crippen molar-refractivity contribution in [2.45, 2.75) is 25.4 Å². The Hall–Kier alpha value is -3.68. The van der Waals surface area contributed by atoms with Gasteiger partial charge >= 0.3 is 0 Å². The van der Waals surface area contributed by atoms with Crippen LogP contribution in [0.15, 0.2) is 109 Å². The summed E-state index contributed by atoms with van der Waals surface area (Å²) < 4.78 is 0. The van der Waals surface area contributed by atoms with Crippen molar-refractivity contribution < 1.29 is 5.11 Å². The summed E-state index contributed by atoms with van der Waals surface area (Å²) in [5, 5.41) is 21.4. The first-order valence-corrected chi connectivity index (χ1v) is 11.7. The van der Waals surface area contributed by atoms with Gasteiger partial charge < -0.3 is 5.11 Å². The lowest BCUT2D eigenvalue weighted by molar-refractivity contribution is 0.163. The van der Waals surface area contributed by atoms with Crippen molar-refractivity contribution in [1.29, 1.82) is 0 Å². The molecule has 2 unspecified atom stereocenters. The van der Waals surface area contributed by atoms with E-state index >= 15 is 0 Å². The molecule has 2 atom stereocenters. The van der Waals surface area contributed by atoms with Crippen molar-refractivity contribution in [1.82, 2.24) is 0 Å². The van der Waals surface area contributed by atoms with Crippen LogP contribution in [0.3, 0.4) is 0 Å². The zero-order valence-corrected chi connectivity index (χ0v) is 18.7. The number of hydrogen-bond donors (Lipinski definition) is 1. The summed E-state index contributed by atoms with van der Waals surface area (Å²) in [5.41, 5.74) is 2.37. The Morgan fingerprint density at radius 3 is 1.24 bits per heavy atom. The number of aliphatic hydroxyl groups is 1. The maximum Gasteiger partial charge on any atom is 0.0807 e. The summed E-state index contributed by atoms with van der Waals surface area (Å²) in [6, 6.07) is 38.5. The van der Waals surface area contributed by atoms with Crippen LogP contribution >= 0.6 is 0 Å². The number of benzene rings is 6. The molecule has 0 aliphatic heterocycles. The Kier molecular flexibility index (Phi) is 4.86. The lowest BCUT2D eigenvalue weighted by atomic mass is 9.83. The lowest BCUT2D eigenvalue weighted by Crippen LogP contribution is -2.06. The molecule has 1 nitrogen and oxygen atoms in total. The van der Waals surface area contributed by atoms with E-state index in [1.165, 1.54) is 37.9 Å². The van der Waals surface area contributed by atoms with E-state index < -0.39 is 6.10 Å². The Bertz CT molecular complexity index is 1400. The molecule has 6 aromatic carbocycles. The molecule has 0 aliphatic carbocycles. The average Bonchev–Trinajstić information content (AvgIpc) is 2.85. The minimum absolute atomic E-state index is 0.189. The van der Waals surface area contributed by atoms with Crippen LogP contribution in [-0.4, -0.2) is 5.11 Å². The van der Waals surface area contributed by atoms with Gasteiger partial charge in [-0.05, 0) is 78.7 Å². The minimum Gasteiger partial charge on any atom is -0.388 e. The Labute approximate surface area is 193 Å². The van der Waals surface area contributed by atoms with Crippen LogP contribution in [0.2, 0.25) is 0 Å². The first-order chi connectivity index (χ1) is 16.2. The Morgan fingerprint density at radius 1 is 0.515 bits per heavy atom. The van der Waals surface area contributed by atoms with Crippen LogP contribution in [-0.2, 0) is 0 Å². The van der Waals surface area contributed by atoms with Crippen molar-refractivity contribution in [3.05, 3.63) is 120 Å². The van der Waals surface area contributed by atoms with E-state index in [0.29, 0.717) is 6.42 Å². The van der Waals surface area contributed by atoms with Crippen molar-refractivity contribution in [3.8, 4) is 0 Å². The van der Waals surface area contributed by atoms with Crippen molar-refractivity contribution in [3.63, 3.8) is 0 Å². The monoisotopic (exact) mass is 426 g/mol. The minimum atomic E-state index is -0.561. The highest BCUT2D eigenvalue weighted by molar-refractivity contribution is 6.04. The van der Waals surface area contributed by atoms with Crippen LogP contribution in [0.1, 0.15) is 36.5 Å². The van der Waals surface area contributed by atoms with E-state index in [4.69, 9.17) is 0 Å². The van der Waals surface area contributed by atoms with Gasteiger partial charge in [0.25, 0.3) is 0 Å². The summed E-state index contributed by atoms with van der Waals surface area (Å²) in [5.74, 6) is 0.189. The SMILES string of the molecule is CC(CC(O)c1c2ccccc2cc2ccccc12)c1c2ccccc2cc2ccccc12. The first kappa shape index (κ1) is 20.0. The lowest BCUT2D eigenvalue weighted by Gasteiger charge is -2.23. The van der Waals surface area contributed by atoms with Crippen LogP contribution in [0.4, 0.5) is 0 Å². The van der Waals surface area contributed by atoms with E-state index in [2.05, 4.69) is 116 Å². The normalized spacial score (nSPS) is 13.6. The molecule has 0 spiro atoms. The standard InChI is InChI=1S/C32H26O/c1-21(31-26-14-6-2-10-22(26)19-23-11-3-7-15-27(23)31)18-30(33)32-28-16-8-4-12-24(28)20-25-13-5-9-17-29(25)32/h2-17,19-21,30,33H,18H2,1H3. The smallest absolute Gasteiger partial charge is 0.0807 e. The first-order valence-electron chi connectivity index (χ1n) is 11.7. The van der Waals surface area contributed by atoms with Gasteiger partial charge in [-0.15, -0.1) is 0 Å². The average molecular weight is 427 g/mol. The van der Waals surface area contributed by atoms with E-state index in [9.17, 15) is 5.11 Å². The molecule has 0 bridgehead atoms. The molecule has 1 N–H and O–H groups in total. The Balaban J connectivity index is 1.51. The third-order valence-corrected chi connectivity index (χ3v) is 7.03. The summed E-state index contributed by atoms with van der Waals surface area (Å²) in [7, 11) is 0. The van der Waals surface area contributed by atoms with E-state index in [-0.39, 0.29) is 5.92 Å². The van der Waals surface area contributed by atoms with Gasteiger partial charge in [-0.3, -0.25) is 0 Å². The molecule has 6 aromatic rings. The molecule has 0 heterocycles. The van der Waals surface area contributed by atoms with Crippen LogP contribution in [0.5, 0.6) is 0 Å². The molecule has 0 aliphatic rings. The summed E-state index contributed by atoms with van der Waals surface area (Å²) in [6.45, 7) is 2.25. The highest BCUT2D eigenvalue weighted by Gasteiger charge is 2.21. The quantitative estimate of drug-likeness (QED) is 0.280. The second kappa shape index (κ2) is 8.03. The third kappa shape index (κ3) is 3.37. The van der Waals surface area contributed by atoms with Gasteiger partial charge in [0.05, 0.1) is 6.10 Å². The van der Waals surface area contributed by atoms with Gasteiger partial charge in [0.15, 0.2) is 0 Å². The van der Waals surface area contributed by atoms with Crippen molar-refractivity contribution >= 4 is 43.1 Å². The fourth-order valence-electron chi connectivity index (χ4n) is 5.56. The molecule has 0 fully saturated rings. The molecule has 6 rings (SSSR count). The number of aliphatic hydroxyl groups excluding tert-OH is 1. The van der Waals surface area contributed by atoms with E-state index in [0.717, 1.165) is 16.3 Å². The molecule has 33 heavy (non-hydrogen) atoms. The zero-order chi connectivity index (χ0) is 22.4. The van der Waals surface area contributed by atoms with E-state index in [1.807, 2.05) is 0 Å².